The predicted molar refractivity (Wildman–Crippen MR) is 111 cm³/mol. The zero-order valence-electron chi connectivity index (χ0n) is 16.6. The summed E-state index contributed by atoms with van der Waals surface area (Å²) in [5.74, 6) is 0. The largest absolute Gasteiger partial charge is 0.449 e. The van der Waals surface area contributed by atoms with Crippen molar-refractivity contribution < 1.29 is 17.9 Å². The first kappa shape index (κ1) is 19.8. The van der Waals surface area contributed by atoms with Gasteiger partial charge in [-0.1, -0.05) is 31.2 Å². The summed E-state index contributed by atoms with van der Waals surface area (Å²) in [5.41, 5.74) is 3.78. The van der Waals surface area contributed by atoms with Crippen molar-refractivity contribution in [3.05, 3.63) is 59.2 Å². The van der Waals surface area contributed by atoms with Gasteiger partial charge in [0.15, 0.2) is 0 Å². The van der Waals surface area contributed by atoms with Gasteiger partial charge in [0, 0.05) is 19.6 Å². The van der Waals surface area contributed by atoms with Crippen LogP contribution in [0.2, 0.25) is 0 Å². The van der Waals surface area contributed by atoms with E-state index in [9.17, 15) is 13.2 Å². The Morgan fingerprint density at radius 1 is 1.03 bits per heavy atom. The van der Waals surface area contributed by atoms with Gasteiger partial charge in [-0.25, -0.2) is 13.2 Å². The van der Waals surface area contributed by atoms with Crippen molar-refractivity contribution >= 4 is 21.8 Å². The van der Waals surface area contributed by atoms with Crippen molar-refractivity contribution in [2.75, 3.05) is 24.0 Å². The minimum Gasteiger partial charge on any atom is -0.449 e. The molecule has 2 heterocycles. The van der Waals surface area contributed by atoms with Crippen LogP contribution >= 0.6 is 0 Å². The molecule has 0 atom stereocenters. The fourth-order valence-electron chi connectivity index (χ4n) is 4.01. The highest BCUT2D eigenvalue weighted by Gasteiger charge is 2.30. The summed E-state index contributed by atoms with van der Waals surface area (Å²) >= 11 is 0. The Morgan fingerprint density at radius 2 is 1.86 bits per heavy atom. The summed E-state index contributed by atoms with van der Waals surface area (Å²) in [5, 5.41) is 0. The molecule has 0 radical (unpaired) electrons. The monoisotopic (exact) mass is 414 g/mol. The number of carbonyl (C=O) groups excluding carboxylic acids is 1. The van der Waals surface area contributed by atoms with Gasteiger partial charge >= 0.3 is 6.09 Å². The van der Waals surface area contributed by atoms with Crippen LogP contribution in [0, 0.1) is 0 Å². The number of amides is 1. The summed E-state index contributed by atoms with van der Waals surface area (Å²) in [6.07, 6.45) is 2.83. The highest BCUT2D eigenvalue weighted by molar-refractivity contribution is 7.92. The van der Waals surface area contributed by atoms with E-state index in [-0.39, 0.29) is 11.0 Å². The summed E-state index contributed by atoms with van der Waals surface area (Å²) < 4.78 is 33.6. The zero-order chi connectivity index (χ0) is 20.4. The number of fused-ring (bicyclic) bond motifs is 2. The average Bonchev–Trinajstić information content (AvgIpc) is 2.76. The molecule has 0 N–H and O–H groups in total. The van der Waals surface area contributed by atoms with E-state index in [1.54, 1.807) is 17.0 Å². The van der Waals surface area contributed by atoms with Gasteiger partial charge in [0.25, 0.3) is 10.0 Å². The molecule has 0 aliphatic carbocycles. The van der Waals surface area contributed by atoms with E-state index in [1.165, 1.54) is 4.31 Å². The molecule has 0 saturated heterocycles. The Kier molecular flexibility index (Phi) is 5.50. The second kappa shape index (κ2) is 8.06. The highest BCUT2D eigenvalue weighted by Crippen LogP contribution is 2.33. The molecule has 2 aromatic carbocycles. The lowest BCUT2D eigenvalue weighted by molar-refractivity contribution is 0.0978. The van der Waals surface area contributed by atoms with Gasteiger partial charge in [-0.2, -0.15) is 0 Å². The van der Waals surface area contributed by atoms with Crippen LogP contribution in [0.1, 0.15) is 36.5 Å². The SMILES string of the molecule is CCCOC(=O)N1CCc2ccc(S(=O)(=O)N3CCCc4ccccc43)cc2C1. The smallest absolute Gasteiger partial charge is 0.410 e. The van der Waals surface area contributed by atoms with Gasteiger partial charge in [0.05, 0.1) is 17.2 Å². The third kappa shape index (κ3) is 3.83. The maximum atomic E-state index is 13.4. The quantitative estimate of drug-likeness (QED) is 0.765. The first-order valence-corrected chi connectivity index (χ1v) is 11.6. The van der Waals surface area contributed by atoms with Gasteiger partial charge in [-0.3, -0.25) is 4.31 Å². The number of para-hydroxylation sites is 1. The first-order chi connectivity index (χ1) is 14.0. The molecular formula is C22H26N2O4S. The Balaban J connectivity index is 1.62. The average molecular weight is 415 g/mol. The number of carbonyl (C=O) groups is 1. The highest BCUT2D eigenvalue weighted by atomic mass is 32.2. The number of ether oxygens (including phenoxy) is 1. The molecule has 4 rings (SSSR count). The topological polar surface area (TPSA) is 66.9 Å². The Hall–Kier alpha value is -2.54. The van der Waals surface area contributed by atoms with E-state index in [4.69, 9.17) is 4.74 Å². The second-order valence-corrected chi connectivity index (χ2v) is 9.39. The first-order valence-electron chi connectivity index (χ1n) is 10.1. The molecule has 2 aromatic rings. The van der Waals surface area contributed by atoms with Crippen LogP contribution < -0.4 is 4.31 Å². The summed E-state index contributed by atoms with van der Waals surface area (Å²) in [6.45, 7) is 3.78. The van der Waals surface area contributed by atoms with E-state index >= 15 is 0 Å². The van der Waals surface area contributed by atoms with Gasteiger partial charge < -0.3 is 9.64 Å². The molecule has 0 spiro atoms. The summed E-state index contributed by atoms with van der Waals surface area (Å²) in [4.78, 5) is 14.1. The van der Waals surface area contributed by atoms with E-state index in [2.05, 4.69) is 0 Å². The number of sulfonamides is 1. The number of nitrogens with zero attached hydrogens (tertiary/aromatic N) is 2. The number of hydrogen-bond donors (Lipinski definition) is 0. The van der Waals surface area contributed by atoms with Crippen LogP contribution in [-0.2, 0) is 34.1 Å². The number of rotatable bonds is 4. The van der Waals surface area contributed by atoms with Gasteiger partial charge in [-0.05, 0) is 60.6 Å². The van der Waals surface area contributed by atoms with Crippen molar-refractivity contribution in [1.29, 1.82) is 0 Å². The number of anilines is 1. The standard InChI is InChI=1S/C22H26N2O4S/c1-2-14-28-22(25)23-13-11-17-9-10-20(15-19(17)16-23)29(26,27)24-12-5-7-18-6-3-4-8-21(18)24/h3-4,6,8-10,15H,2,5,7,11-14,16H2,1H3. The van der Waals surface area contributed by atoms with Crippen LogP contribution in [0.5, 0.6) is 0 Å². The summed E-state index contributed by atoms with van der Waals surface area (Å²) in [7, 11) is -3.66. The molecule has 0 saturated carbocycles. The molecular weight excluding hydrogens is 388 g/mol. The Bertz CT molecular complexity index is 1020. The van der Waals surface area contributed by atoms with Crippen LogP contribution in [0.15, 0.2) is 47.4 Å². The molecule has 6 nitrogen and oxygen atoms in total. The van der Waals surface area contributed by atoms with Gasteiger partial charge in [0.1, 0.15) is 0 Å². The number of aryl methyl sites for hydroxylation is 1. The third-order valence-electron chi connectivity index (χ3n) is 5.53. The second-order valence-electron chi connectivity index (χ2n) is 7.53. The van der Waals surface area contributed by atoms with Crippen molar-refractivity contribution in [2.24, 2.45) is 0 Å². The van der Waals surface area contributed by atoms with Gasteiger partial charge in [0.2, 0.25) is 0 Å². The minimum atomic E-state index is -3.66. The molecule has 0 bridgehead atoms. The Labute approximate surface area is 172 Å². The maximum Gasteiger partial charge on any atom is 0.410 e. The van der Waals surface area contributed by atoms with E-state index in [1.807, 2.05) is 37.3 Å². The molecule has 2 aliphatic heterocycles. The molecule has 7 heteroatoms. The molecule has 1 amide bonds. The lowest BCUT2D eigenvalue weighted by atomic mass is 10.0. The van der Waals surface area contributed by atoms with Crippen LogP contribution in [0.25, 0.3) is 0 Å². The third-order valence-corrected chi connectivity index (χ3v) is 7.34. The molecule has 154 valence electrons. The van der Waals surface area contributed by atoms with Gasteiger partial charge in [-0.15, -0.1) is 0 Å². The number of benzene rings is 2. The van der Waals surface area contributed by atoms with E-state index in [0.29, 0.717) is 32.7 Å². The Morgan fingerprint density at radius 3 is 2.69 bits per heavy atom. The zero-order valence-corrected chi connectivity index (χ0v) is 17.5. The fraction of sp³-hybridized carbons (Fsp3) is 0.409. The molecule has 29 heavy (non-hydrogen) atoms. The van der Waals surface area contributed by atoms with Crippen molar-refractivity contribution in [3.63, 3.8) is 0 Å². The lowest BCUT2D eigenvalue weighted by Gasteiger charge is -2.31. The van der Waals surface area contributed by atoms with Crippen LogP contribution in [0.3, 0.4) is 0 Å². The molecule has 0 aromatic heterocycles. The van der Waals surface area contributed by atoms with Crippen molar-refractivity contribution in [3.8, 4) is 0 Å². The maximum absolute atomic E-state index is 13.4. The van der Waals surface area contributed by atoms with Crippen molar-refractivity contribution in [1.82, 2.24) is 4.90 Å². The van der Waals surface area contributed by atoms with E-state index in [0.717, 1.165) is 41.6 Å². The molecule has 2 aliphatic rings. The molecule has 0 unspecified atom stereocenters. The van der Waals surface area contributed by atoms with Crippen molar-refractivity contribution in [2.45, 2.75) is 44.0 Å². The lowest BCUT2D eigenvalue weighted by Crippen LogP contribution is -2.37. The predicted octanol–water partition coefficient (Wildman–Crippen LogP) is 3.73. The van der Waals surface area contributed by atoms with Crippen LogP contribution in [0.4, 0.5) is 10.5 Å². The van der Waals surface area contributed by atoms with E-state index < -0.39 is 10.0 Å². The molecule has 0 fully saturated rings. The minimum absolute atomic E-state index is 0.275. The number of hydrogen-bond acceptors (Lipinski definition) is 4. The van der Waals surface area contributed by atoms with Crippen LogP contribution in [-0.4, -0.2) is 39.1 Å². The normalized spacial score (nSPS) is 16.2. The summed E-state index contributed by atoms with van der Waals surface area (Å²) in [6, 6.07) is 13.0. The fourth-order valence-corrected chi connectivity index (χ4v) is 5.60.